The highest BCUT2D eigenvalue weighted by molar-refractivity contribution is 5.34. The van der Waals surface area contributed by atoms with Crippen molar-refractivity contribution in [2.45, 2.75) is 19.7 Å². The van der Waals surface area contributed by atoms with Gasteiger partial charge in [-0.3, -0.25) is 0 Å². The van der Waals surface area contributed by atoms with Gasteiger partial charge in [0.15, 0.2) is 0 Å². The number of halogens is 3. The molecule has 0 unspecified atom stereocenters. The van der Waals surface area contributed by atoms with Crippen LogP contribution in [0.2, 0.25) is 0 Å². The number of nitrogens with one attached hydrogen (secondary N) is 1. The lowest BCUT2D eigenvalue weighted by Crippen LogP contribution is -2.18. The Morgan fingerprint density at radius 1 is 1.25 bits per heavy atom. The predicted octanol–water partition coefficient (Wildman–Crippen LogP) is 2.93. The molecule has 0 bridgehead atoms. The first-order valence-corrected chi connectivity index (χ1v) is 5.82. The molecule has 1 aromatic heterocycles. The highest BCUT2D eigenvalue weighted by Crippen LogP contribution is 2.26. The molecule has 0 fully saturated rings. The number of para-hydroxylation sites is 1. The minimum absolute atomic E-state index is 0.205. The molecule has 0 aliphatic rings. The maximum atomic E-state index is 12.2. The number of anilines is 1. The summed E-state index contributed by atoms with van der Waals surface area (Å²) in [6.07, 6.45) is -4.37. The minimum Gasteiger partial charge on any atom is -0.408 e. The number of alkyl halides is 3. The van der Waals surface area contributed by atoms with Crippen LogP contribution in [0.3, 0.4) is 0 Å². The molecule has 0 radical (unpaired) electrons. The summed E-state index contributed by atoms with van der Waals surface area (Å²) in [5.74, 6) is 0.205. The highest BCUT2D eigenvalue weighted by Gasteiger charge is 2.31. The third-order valence-electron chi connectivity index (χ3n) is 2.39. The smallest absolute Gasteiger partial charge is 0.408 e. The summed E-state index contributed by atoms with van der Waals surface area (Å²) in [4.78, 5) is 0. The van der Waals surface area contributed by atoms with E-state index < -0.39 is 6.36 Å². The van der Waals surface area contributed by atoms with E-state index in [0.717, 1.165) is 0 Å². The fraction of sp³-hybridized carbons (Fsp3) is 0.333. The van der Waals surface area contributed by atoms with E-state index in [-0.39, 0.29) is 11.8 Å². The van der Waals surface area contributed by atoms with Gasteiger partial charge in [-0.15, -0.1) is 18.3 Å². The second kappa shape index (κ2) is 5.81. The number of hydrogen-bond donors (Lipinski definition) is 1. The molecule has 5 nitrogen and oxygen atoms in total. The van der Waals surface area contributed by atoms with E-state index in [9.17, 15) is 13.2 Å². The van der Waals surface area contributed by atoms with Crippen molar-refractivity contribution in [1.82, 2.24) is 10.2 Å². The molecule has 0 atom stereocenters. The largest absolute Gasteiger partial charge is 0.573 e. The van der Waals surface area contributed by atoms with Gasteiger partial charge in [0.1, 0.15) is 5.75 Å². The average molecular weight is 287 g/mol. The lowest BCUT2D eigenvalue weighted by molar-refractivity contribution is -0.274. The van der Waals surface area contributed by atoms with Gasteiger partial charge in [-0.1, -0.05) is 23.3 Å². The fourth-order valence-corrected chi connectivity index (χ4v) is 1.61. The van der Waals surface area contributed by atoms with Crippen molar-refractivity contribution in [3.8, 4) is 5.75 Å². The zero-order valence-electron chi connectivity index (χ0n) is 10.6. The molecule has 8 heteroatoms. The Labute approximate surface area is 112 Å². The van der Waals surface area contributed by atoms with Gasteiger partial charge in [-0.2, -0.15) is 0 Å². The van der Waals surface area contributed by atoms with Crippen LogP contribution in [0.15, 0.2) is 28.7 Å². The summed E-state index contributed by atoms with van der Waals surface area (Å²) >= 11 is 0. The molecule has 1 heterocycles. The number of rotatable bonds is 5. The van der Waals surface area contributed by atoms with Gasteiger partial charge < -0.3 is 14.5 Å². The van der Waals surface area contributed by atoms with Crippen molar-refractivity contribution in [1.29, 1.82) is 0 Å². The van der Waals surface area contributed by atoms with Crippen molar-refractivity contribution in [3.63, 3.8) is 0 Å². The van der Waals surface area contributed by atoms with Gasteiger partial charge in [0.2, 0.25) is 5.89 Å². The van der Waals surface area contributed by atoms with E-state index >= 15 is 0 Å². The summed E-state index contributed by atoms with van der Waals surface area (Å²) in [6, 6.07) is 6.22. The zero-order valence-corrected chi connectivity index (χ0v) is 10.6. The van der Waals surface area contributed by atoms with Crippen LogP contribution in [-0.2, 0) is 6.42 Å². The molecule has 1 N–H and O–H groups in total. The van der Waals surface area contributed by atoms with Crippen molar-refractivity contribution in [2.24, 2.45) is 0 Å². The SMILES string of the molecule is Cc1nnc(NCCc2ccccc2OC(F)(F)F)o1. The zero-order chi connectivity index (χ0) is 14.6. The van der Waals surface area contributed by atoms with Gasteiger partial charge in [0.05, 0.1) is 0 Å². The number of nitrogens with zero attached hydrogens (tertiary/aromatic N) is 2. The fourth-order valence-electron chi connectivity index (χ4n) is 1.61. The molecule has 0 saturated heterocycles. The van der Waals surface area contributed by atoms with Crippen LogP contribution in [0.25, 0.3) is 0 Å². The molecule has 20 heavy (non-hydrogen) atoms. The van der Waals surface area contributed by atoms with Gasteiger partial charge in [0, 0.05) is 13.5 Å². The van der Waals surface area contributed by atoms with E-state index in [1.165, 1.54) is 12.1 Å². The standard InChI is InChI=1S/C12H12F3N3O2/c1-8-17-18-11(19-8)16-7-6-9-4-2-3-5-10(9)20-12(13,14)15/h2-5H,6-7H2,1H3,(H,16,18). The second-order valence-corrected chi connectivity index (χ2v) is 3.96. The Morgan fingerprint density at radius 3 is 2.65 bits per heavy atom. The van der Waals surface area contributed by atoms with Crippen LogP contribution in [0.4, 0.5) is 19.2 Å². The van der Waals surface area contributed by atoms with Crippen molar-refractivity contribution in [3.05, 3.63) is 35.7 Å². The normalized spacial score (nSPS) is 11.4. The molecule has 0 spiro atoms. The summed E-state index contributed by atoms with van der Waals surface area (Å²) < 4.78 is 45.8. The monoisotopic (exact) mass is 287 g/mol. The minimum atomic E-state index is -4.70. The molecule has 2 aromatic rings. The van der Waals surface area contributed by atoms with Crippen molar-refractivity contribution < 1.29 is 22.3 Å². The van der Waals surface area contributed by atoms with E-state index in [1.54, 1.807) is 19.1 Å². The van der Waals surface area contributed by atoms with E-state index in [2.05, 4.69) is 20.3 Å². The van der Waals surface area contributed by atoms with Crippen LogP contribution >= 0.6 is 0 Å². The number of ether oxygens (including phenoxy) is 1. The third-order valence-corrected chi connectivity index (χ3v) is 2.39. The lowest BCUT2D eigenvalue weighted by Gasteiger charge is -2.13. The quantitative estimate of drug-likeness (QED) is 0.916. The van der Waals surface area contributed by atoms with E-state index in [0.29, 0.717) is 24.4 Å². The van der Waals surface area contributed by atoms with Crippen LogP contribution in [0, 0.1) is 6.92 Å². The highest BCUT2D eigenvalue weighted by atomic mass is 19.4. The summed E-state index contributed by atoms with van der Waals surface area (Å²) in [7, 11) is 0. The van der Waals surface area contributed by atoms with Gasteiger partial charge in [-0.05, 0) is 18.1 Å². The number of benzene rings is 1. The maximum Gasteiger partial charge on any atom is 0.573 e. The first kappa shape index (κ1) is 14.2. The number of aromatic nitrogens is 2. The Balaban J connectivity index is 1.95. The van der Waals surface area contributed by atoms with Crippen LogP contribution in [0.5, 0.6) is 5.75 Å². The van der Waals surface area contributed by atoms with Crippen LogP contribution < -0.4 is 10.1 Å². The summed E-state index contributed by atoms with van der Waals surface area (Å²) in [5, 5.41) is 10.2. The Kier molecular flexibility index (Phi) is 4.11. The summed E-state index contributed by atoms with van der Waals surface area (Å²) in [6.45, 7) is 1.99. The first-order chi connectivity index (χ1) is 9.44. The van der Waals surface area contributed by atoms with Crippen LogP contribution in [-0.4, -0.2) is 23.1 Å². The van der Waals surface area contributed by atoms with E-state index in [4.69, 9.17) is 4.42 Å². The molecule has 2 rings (SSSR count). The Bertz CT molecular complexity index is 569. The number of aryl methyl sites for hydroxylation is 1. The molecule has 0 aliphatic heterocycles. The maximum absolute atomic E-state index is 12.2. The van der Waals surface area contributed by atoms with E-state index in [1.807, 2.05) is 0 Å². The average Bonchev–Trinajstić information content (AvgIpc) is 2.75. The summed E-state index contributed by atoms with van der Waals surface area (Å²) in [5.41, 5.74) is 0.438. The van der Waals surface area contributed by atoms with Gasteiger partial charge in [-0.25, -0.2) is 0 Å². The lowest BCUT2D eigenvalue weighted by atomic mass is 10.1. The topological polar surface area (TPSA) is 60.2 Å². The third kappa shape index (κ3) is 4.15. The molecular weight excluding hydrogens is 275 g/mol. The second-order valence-electron chi connectivity index (χ2n) is 3.96. The molecule has 0 saturated carbocycles. The Hall–Kier alpha value is -2.25. The van der Waals surface area contributed by atoms with Crippen molar-refractivity contribution >= 4 is 6.01 Å². The molecule has 1 aromatic carbocycles. The molecule has 0 amide bonds. The Morgan fingerprint density at radius 2 is 2.00 bits per heavy atom. The van der Waals surface area contributed by atoms with Gasteiger partial charge >= 0.3 is 12.4 Å². The van der Waals surface area contributed by atoms with Crippen LogP contribution in [0.1, 0.15) is 11.5 Å². The molecule has 0 aliphatic carbocycles. The predicted molar refractivity (Wildman–Crippen MR) is 64.4 cm³/mol. The molecule has 108 valence electrons. The first-order valence-electron chi connectivity index (χ1n) is 5.82. The van der Waals surface area contributed by atoms with Crippen molar-refractivity contribution in [2.75, 3.05) is 11.9 Å². The number of hydrogen-bond acceptors (Lipinski definition) is 5. The molecular formula is C12H12F3N3O2. The van der Waals surface area contributed by atoms with Gasteiger partial charge in [0.25, 0.3) is 0 Å².